The van der Waals surface area contributed by atoms with Gasteiger partial charge in [-0.05, 0) is 31.2 Å². The molecule has 0 aliphatic rings. The summed E-state index contributed by atoms with van der Waals surface area (Å²) in [5.41, 5.74) is 1.39. The molecular weight excluding hydrogens is 144 g/mol. The molecule has 1 rings (SSSR count). The minimum Gasteiger partial charge on any atom is -0.103 e. The van der Waals surface area contributed by atoms with Gasteiger partial charge in [0.25, 0.3) is 0 Å². The predicted octanol–water partition coefficient (Wildman–Crippen LogP) is 3.40. The molecule has 0 unspecified atom stereocenters. The fourth-order valence-electron chi connectivity index (χ4n) is 1.12. The summed E-state index contributed by atoms with van der Waals surface area (Å²) < 4.78 is 0. The standard InChI is InChI=1S/C12H15/c1-2-3-4-6-9-12-10-7-5-8-11-12/h2,5-8,10-11H,1,3-4,9H2. The van der Waals surface area contributed by atoms with Crippen LogP contribution < -0.4 is 0 Å². The second kappa shape index (κ2) is 5.59. The zero-order chi connectivity index (χ0) is 8.65. The summed E-state index contributed by atoms with van der Waals surface area (Å²) in [6.07, 6.45) is 7.57. The van der Waals surface area contributed by atoms with E-state index >= 15 is 0 Å². The normalized spacial score (nSPS) is 9.67. The lowest BCUT2D eigenvalue weighted by molar-refractivity contribution is 0.920. The van der Waals surface area contributed by atoms with Gasteiger partial charge in [0.15, 0.2) is 0 Å². The summed E-state index contributed by atoms with van der Waals surface area (Å²) in [5.74, 6) is 0. The Balaban J connectivity index is 2.20. The summed E-state index contributed by atoms with van der Waals surface area (Å²) >= 11 is 0. The van der Waals surface area contributed by atoms with E-state index in [2.05, 4.69) is 37.3 Å². The fourth-order valence-corrected chi connectivity index (χ4v) is 1.12. The van der Waals surface area contributed by atoms with E-state index in [4.69, 9.17) is 0 Å². The molecule has 0 spiro atoms. The molecule has 0 saturated heterocycles. The zero-order valence-corrected chi connectivity index (χ0v) is 7.37. The maximum atomic E-state index is 3.69. The van der Waals surface area contributed by atoms with Crippen molar-refractivity contribution in [2.24, 2.45) is 0 Å². The second-order valence-electron chi connectivity index (χ2n) is 2.84. The molecule has 0 saturated carbocycles. The Morgan fingerprint density at radius 2 is 1.83 bits per heavy atom. The van der Waals surface area contributed by atoms with Gasteiger partial charge in [-0.25, -0.2) is 0 Å². The van der Waals surface area contributed by atoms with Gasteiger partial charge in [0.2, 0.25) is 0 Å². The van der Waals surface area contributed by atoms with Crippen LogP contribution >= 0.6 is 0 Å². The molecule has 0 heterocycles. The average molecular weight is 159 g/mol. The van der Waals surface area contributed by atoms with E-state index in [9.17, 15) is 0 Å². The van der Waals surface area contributed by atoms with Gasteiger partial charge in [-0.15, -0.1) is 6.58 Å². The van der Waals surface area contributed by atoms with Crippen LogP contribution in [0.4, 0.5) is 0 Å². The predicted molar refractivity (Wildman–Crippen MR) is 53.9 cm³/mol. The first-order valence-corrected chi connectivity index (χ1v) is 4.40. The van der Waals surface area contributed by atoms with Crippen LogP contribution in [0.1, 0.15) is 18.4 Å². The SMILES string of the molecule is C=CCC[CH]Cc1ccccc1. The van der Waals surface area contributed by atoms with Crippen molar-refractivity contribution in [3.8, 4) is 0 Å². The summed E-state index contributed by atoms with van der Waals surface area (Å²) in [6.45, 7) is 3.69. The number of unbranched alkanes of at least 4 members (excludes halogenated alkanes) is 2. The highest BCUT2D eigenvalue weighted by Crippen LogP contribution is 2.04. The Bertz CT molecular complexity index is 211. The minimum absolute atomic E-state index is 1.08. The molecule has 1 radical (unpaired) electrons. The first-order chi connectivity index (χ1) is 5.93. The van der Waals surface area contributed by atoms with Gasteiger partial charge in [-0.1, -0.05) is 36.4 Å². The molecule has 0 fully saturated rings. The highest BCUT2D eigenvalue weighted by molar-refractivity contribution is 5.16. The van der Waals surface area contributed by atoms with Crippen LogP contribution in [0.15, 0.2) is 43.0 Å². The topological polar surface area (TPSA) is 0 Å². The third kappa shape index (κ3) is 3.38. The lowest BCUT2D eigenvalue weighted by Crippen LogP contribution is -1.84. The van der Waals surface area contributed by atoms with Crippen LogP contribution in [0.5, 0.6) is 0 Å². The maximum Gasteiger partial charge on any atom is -0.0248 e. The van der Waals surface area contributed by atoms with Crippen molar-refractivity contribution in [3.05, 3.63) is 55.0 Å². The van der Waals surface area contributed by atoms with Crippen molar-refractivity contribution < 1.29 is 0 Å². The van der Waals surface area contributed by atoms with E-state index in [1.54, 1.807) is 0 Å². The van der Waals surface area contributed by atoms with E-state index in [0.717, 1.165) is 19.3 Å². The Kier molecular flexibility index (Phi) is 4.22. The molecule has 1 aromatic rings. The van der Waals surface area contributed by atoms with E-state index in [-0.39, 0.29) is 0 Å². The monoisotopic (exact) mass is 159 g/mol. The van der Waals surface area contributed by atoms with Crippen LogP contribution in [0.2, 0.25) is 0 Å². The van der Waals surface area contributed by atoms with Crippen molar-refractivity contribution in [3.63, 3.8) is 0 Å². The second-order valence-corrected chi connectivity index (χ2v) is 2.84. The quantitative estimate of drug-likeness (QED) is 0.456. The smallest absolute Gasteiger partial charge is 0.0248 e. The van der Waals surface area contributed by atoms with Crippen LogP contribution in [-0.4, -0.2) is 0 Å². The lowest BCUT2D eigenvalue weighted by Gasteiger charge is -1.98. The summed E-state index contributed by atoms with van der Waals surface area (Å²) in [5, 5.41) is 0. The lowest BCUT2D eigenvalue weighted by atomic mass is 10.1. The molecule has 1 aromatic carbocycles. The van der Waals surface area contributed by atoms with Gasteiger partial charge in [-0.2, -0.15) is 0 Å². The van der Waals surface area contributed by atoms with Crippen LogP contribution in [0.3, 0.4) is 0 Å². The van der Waals surface area contributed by atoms with Crippen molar-refractivity contribution >= 4 is 0 Å². The van der Waals surface area contributed by atoms with Crippen molar-refractivity contribution in [2.45, 2.75) is 19.3 Å². The Hall–Kier alpha value is -1.04. The Morgan fingerprint density at radius 1 is 1.08 bits per heavy atom. The first-order valence-electron chi connectivity index (χ1n) is 4.40. The highest BCUT2D eigenvalue weighted by atomic mass is 14.0. The van der Waals surface area contributed by atoms with Crippen LogP contribution in [0, 0.1) is 6.42 Å². The largest absolute Gasteiger partial charge is 0.103 e. The number of benzene rings is 1. The molecule has 0 bridgehead atoms. The molecular formula is C12H15. The van der Waals surface area contributed by atoms with E-state index in [1.165, 1.54) is 5.56 Å². The van der Waals surface area contributed by atoms with Crippen LogP contribution in [-0.2, 0) is 6.42 Å². The number of rotatable bonds is 5. The van der Waals surface area contributed by atoms with E-state index in [0.29, 0.717) is 0 Å². The third-order valence-corrected chi connectivity index (χ3v) is 1.80. The van der Waals surface area contributed by atoms with Gasteiger partial charge in [0.1, 0.15) is 0 Å². The summed E-state index contributed by atoms with van der Waals surface area (Å²) in [6, 6.07) is 10.5. The first kappa shape index (κ1) is 9.05. The number of hydrogen-bond acceptors (Lipinski definition) is 0. The average Bonchev–Trinajstić information content (AvgIpc) is 2.14. The number of allylic oxidation sites excluding steroid dienone is 1. The third-order valence-electron chi connectivity index (χ3n) is 1.80. The number of hydrogen-bond donors (Lipinski definition) is 0. The van der Waals surface area contributed by atoms with Crippen LogP contribution in [0.25, 0.3) is 0 Å². The maximum absolute atomic E-state index is 3.69. The van der Waals surface area contributed by atoms with Gasteiger partial charge >= 0.3 is 0 Å². The molecule has 0 aromatic heterocycles. The van der Waals surface area contributed by atoms with Gasteiger partial charge < -0.3 is 0 Å². The minimum atomic E-state index is 1.08. The zero-order valence-electron chi connectivity index (χ0n) is 7.37. The van der Waals surface area contributed by atoms with Gasteiger partial charge in [0.05, 0.1) is 0 Å². The van der Waals surface area contributed by atoms with Crippen molar-refractivity contribution in [1.82, 2.24) is 0 Å². The molecule has 63 valence electrons. The van der Waals surface area contributed by atoms with Crippen molar-refractivity contribution in [2.75, 3.05) is 0 Å². The molecule has 0 heteroatoms. The molecule has 0 atom stereocenters. The Labute approximate surface area is 74.9 Å². The molecule has 0 aliphatic heterocycles. The molecule has 0 amide bonds. The van der Waals surface area contributed by atoms with Gasteiger partial charge in [-0.3, -0.25) is 0 Å². The van der Waals surface area contributed by atoms with E-state index in [1.807, 2.05) is 12.1 Å². The fraction of sp³-hybridized carbons (Fsp3) is 0.250. The molecule has 12 heavy (non-hydrogen) atoms. The molecule has 0 nitrogen and oxygen atoms in total. The summed E-state index contributed by atoms with van der Waals surface area (Å²) in [4.78, 5) is 0. The van der Waals surface area contributed by atoms with Gasteiger partial charge in [0, 0.05) is 0 Å². The molecule has 0 aliphatic carbocycles. The van der Waals surface area contributed by atoms with E-state index < -0.39 is 0 Å². The molecule has 0 N–H and O–H groups in total. The Morgan fingerprint density at radius 3 is 2.50 bits per heavy atom. The highest BCUT2D eigenvalue weighted by Gasteiger charge is 1.90. The van der Waals surface area contributed by atoms with Crippen molar-refractivity contribution in [1.29, 1.82) is 0 Å². The summed E-state index contributed by atoms with van der Waals surface area (Å²) in [7, 11) is 0.